The lowest BCUT2D eigenvalue weighted by Gasteiger charge is -1.99. The van der Waals surface area contributed by atoms with Gasteiger partial charge in [-0.05, 0) is 30.2 Å². The van der Waals surface area contributed by atoms with Gasteiger partial charge in [0.1, 0.15) is 0 Å². The van der Waals surface area contributed by atoms with E-state index in [9.17, 15) is 4.79 Å². The van der Waals surface area contributed by atoms with Gasteiger partial charge in [-0.25, -0.2) is 4.79 Å². The fourth-order valence-electron chi connectivity index (χ4n) is 1.03. The van der Waals surface area contributed by atoms with Crippen LogP contribution < -0.4 is 0 Å². The normalized spacial score (nSPS) is 10.7. The van der Waals surface area contributed by atoms with Gasteiger partial charge in [-0.3, -0.25) is 0 Å². The molecule has 0 heterocycles. The summed E-state index contributed by atoms with van der Waals surface area (Å²) in [6, 6.07) is 5.15. The van der Waals surface area contributed by atoms with Gasteiger partial charge >= 0.3 is 5.97 Å². The van der Waals surface area contributed by atoms with E-state index >= 15 is 0 Å². The van der Waals surface area contributed by atoms with Gasteiger partial charge in [0, 0.05) is 6.08 Å². The lowest BCUT2D eigenvalue weighted by Crippen LogP contribution is -2.00. The van der Waals surface area contributed by atoms with Gasteiger partial charge in [0.25, 0.3) is 0 Å². The van der Waals surface area contributed by atoms with Crippen LogP contribution in [0.2, 0.25) is 10.0 Å². The predicted octanol–water partition coefficient (Wildman–Crippen LogP) is 3.96. The Balaban J connectivity index is 2.62. The SMILES string of the molecule is CCCOC(=O)C=Cc1ccc(Cl)c(Cl)c1. The smallest absolute Gasteiger partial charge is 0.330 e. The molecule has 0 N–H and O–H groups in total. The zero-order valence-electron chi connectivity index (χ0n) is 8.87. The molecule has 0 spiro atoms. The Bertz CT molecular complexity index is 400. The fourth-order valence-corrected chi connectivity index (χ4v) is 1.34. The highest BCUT2D eigenvalue weighted by Crippen LogP contribution is 2.23. The first-order valence-corrected chi connectivity index (χ1v) is 5.69. The average molecular weight is 259 g/mol. The zero-order valence-corrected chi connectivity index (χ0v) is 10.4. The van der Waals surface area contributed by atoms with Crippen LogP contribution in [0.15, 0.2) is 24.3 Å². The summed E-state index contributed by atoms with van der Waals surface area (Å²) in [7, 11) is 0. The van der Waals surface area contributed by atoms with Gasteiger partial charge in [0.05, 0.1) is 16.7 Å². The highest BCUT2D eigenvalue weighted by Gasteiger charge is 1.98. The molecular weight excluding hydrogens is 247 g/mol. The fraction of sp³-hybridized carbons (Fsp3) is 0.250. The van der Waals surface area contributed by atoms with Crippen molar-refractivity contribution in [2.45, 2.75) is 13.3 Å². The summed E-state index contributed by atoms with van der Waals surface area (Å²) >= 11 is 11.6. The average Bonchev–Trinajstić information content (AvgIpc) is 2.28. The van der Waals surface area contributed by atoms with E-state index in [1.165, 1.54) is 6.08 Å². The number of rotatable bonds is 4. The van der Waals surface area contributed by atoms with E-state index in [-0.39, 0.29) is 5.97 Å². The van der Waals surface area contributed by atoms with Crippen LogP contribution in [0.25, 0.3) is 6.08 Å². The monoisotopic (exact) mass is 258 g/mol. The lowest BCUT2D eigenvalue weighted by molar-refractivity contribution is -0.137. The molecule has 0 aliphatic carbocycles. The van der Waals surface area contributed by atoms with E-state index in [2.05, 4.69) is 0 Å². The Morgan fingerprint density at radius 3 is 2.75 bits per heavy atom. The van der Waals surface area contributed by atoms with Crippen LogP contribution in [-0.2, 0) is 9.53 Å². The van der Waals surface area contributed by atoms with Gasteiger partial charge in [-0.2, -0.15) is 0 Å². The molecule has 1 rings (SSSR count). The number of ether oxygens (including phenoxy) is 1. The molecule has 0 aliphatic heterocycles. The molecule has 0 atom stereocenters. The third kappa shape index (κ3) is 4.25. The summed E-state index contributed by atoms with van der Waals surface area (Å²) in [5, 5.41) is 0.957. The third-order valence-corrected chi connectivity index (χ3v) is 2.54. The number of halogens is 2. The minimum absolute atomic E-state index is 0.354. The van der Waals surface area contributed by atoms with Gasteiger partial charge in [0.2, 0.25) is 0 Å². The van der Waals surface area contributed by atoms with E-state index in [0.717, 1.165) is 12.0 Å². The van der Waals surface area contributed by atoms with Crippen molar-refractivity contribution in [2.75, 3.05) is 6.61 Å². The molecule has 0 bridgehead atoms. The Hall–Kier alpha value is -0.990. The van der Waals surface area contributed by atoms with E-state index < -0.39 is 0 Å². The summed E-state index contributed by atoms with van der Waals surface area (Å²) < 4.78 is 4.88. The van der Waals surface area contributed by atoms with Crippen molar-refractivity contribution in [1.82, 2.24) is 0 Å². The molecule has 0 saturated carbocycles. The largest absolute Gasteiger partial charge is 0.463 e. The summed E-state index contributed by atoms with van der Waals surface area (Å²) in [5.74, 6) is -0.354. The van der Waals surface area contributed by atoms with Crippen molar-refractivity contribution < 1.29 is 9.53 Å². The molecule has 0 unspecified atom stereocenters. The molecule has 1 aromatic rings. The van der Waals surface area contributed by atoms with E-state index in [4.69, 9.17) is 27.9 Å². The summed E-state index contributed by atoms with van der Waals surface area (Å²) in [6.45, 7) is 2.38. The first kappa shape index (κ1) is 13.1. The second-order valence-corrected chi connectivity index (χ2v) is 3.99. The molecule has 0 saturated heterocycles. The van der Waals surface area contributed by atoms with Crippen molar-refractivity contribution in [2.24, 2.45) is 0 Å². The number of benzene rings is 1. The van der Waals surface area contributed by atoms with E-state index in [1.807, 2.05) is 6.92 Å². The van der Waals surface area contributed by atoms with Crippen LogP contribution in [0.5, 0.6) is 0 Å². The van der Waals surface area contributed by atoms with Crippen molar-refractivity contribution in [3.05, 3.63) is 39.9 Å². The van der Waals surface area contributed by atoms with Crippen LogP contribution >= 0.6 is 23.2 Å². The first-order valence-electron chi connectivity index (χ1n) is 4.93. The molecule has 0 aromatic heterocycles. The van der Waals surface area contributed by atoms with Crippen molar-refractivity contribution in [1.29, 1.82) is 0 Å². The minimum atomic E-state index is -0.354. The maximum atomic E-state index is 11.2. The van der Waals surface area contributed by atoms with E-state index in [1.54, 1.807) is 24.3 Å². The number of carbonyl (C=O) groups is 1. The molecule has 0 radical (unpaired) electrons. The van der Waals surface area contributed by atoms with Crippen LogP contribution in [-0.4, -0.2) is 12.6 Å². The standard InChI is InChI=1S/C12H12Cl2O2/c1-2-7-16-12(15)6-4-9-3-5-10(13)11(14)8-9/h3-6,8H,2,7H2,1H3. The maximum Gasteiger partial charge on any atom is 0.330 e. The molecule has 86 valence electrons. The zero-order chi connectivity index (χ0) is 12.0. The molecule has 0 fully saturated rings. The predicted molar refractivity (Wildman–Crippen MR) is 66.7 cm³/mol. The quantitative estimate of drug-likeness (QED) is 0.604. The van der Waals surface area contributed by atoms with Crippen molar-refractivity contribution in [3.8, 4) is 0 Å². The Morgan fingerprint density at radius 1 is 1.38 bits per heavy atom. The van der Waals surface area contributed by atoms with Gasteiger partial charge in [-0.1, -0.05) is 36.2 Å². The van der Waals surface area contributed by atoms with Gasteiger partial charge < -0.3 is 4.74 Å². The Morgan fingerprint density at radius 2 is 2.12 bits per heavy atom. The number of carbonyl (C=O) groups excluding carboxylic acids is 1. The van der Waals surface area contributed by atoms with Crippen molar-refractivity contribution in [3.63, 3.8) is 0 Å². The molecule has 0 aliphatic rings. The topological polar surface area (TPSA) is 26.3 Å². The minimum Gasteiger partial charge on any atom is -0.463 e. The van der Waals surface area contributed by atoms with Crippen LogP contribution in [0.4, 0.5) is 0 Å². The number of hydrogen-bond acceptors (Lipinski definition) is 2. The molecule has 4 heteroatoms. The highest BCUT2D eigenvalue weighted by molar-refractivity contribution is 6.42. The highest BCUT2D eigenvalue weighted by atomic mass is 35.5. The molecular formula is C12H12Cl2O2. The second-order valence-electron chi connectivity index (χ2n) is 3.17. The van der Waals surface area contributed by atoms with Gasteiger partial charge in [-0.15, -0.1) is 0 Å². The second kappa shape index (κ2) is 6.56. The van der Waals surface area contributed by atoms with Gasteiger partial charge in [0.15, 0.2) is 0 Å². The molecule has 1 aromatic carbocycles. The molecule has 0 amide bonds. The van der Waals surface area contributed by atoms with E-state index in [0.29, 0.717) is 16.7 Å². The summed E-state index contributed by atoms with van der Waals surface area (Å²) in [5.41, 5.74) is 0.808. The molecule has 16 heavy (non-hydrogen) atoms. The van der Waals surface area contributed by atoms with Crippen LogP contribution in [0.3, 0.4) is 0 Å². The number of esters is 1. The van der Waals surface area contributed by atoms with Crippen LogP contribution in [0.1, 0.15) is 18.9 Å². The third-order valence-electron chi connectivity index (χ3n) is 1.80. The van der Waals surface area contributed by atoms with Crippen molar-refractivity contribution >= 4 is 35.2 Å². The Labute approximate surface area is 105 Å². The summed E-state index contributed by atoms with van der Waals surface area (Å²) in [4.78, 5) is 11.2. The molecule has 2 nitrogen and oxygen atoms in total. The lowest BCUT2D eigenvalue weighted by atomic mass is 10.2. The summed E-state index contributed by atoms with van der Waals surface area (Å²) in [6.07, 6.45) is 3.82. The maximum absolute atomic E-state index is 11.2. The number of hydrogen-bond donors (Lipinski definition) is 0. The first-order chi connectivity index (χ1) is 7.63. The van der Waals surface area contributed by atoms with Crippen LogP contribution in [0, 0.1) is 0 Å². The Kier molecular flexibility index (Phi) is 5.36.